The van der Waals surface area contributed by atoms with E-state index in [2.05, 4.69) is 33.8 Å². The molecule has 0 aliphatic rings. The van der Waals surface area contributed by atoms with Crippen molar-refractivity contribution in [3.05, 3.63) is 34.1 Å². The van der Waals surface area contributed by atoms with Crippen molar-refractivity contribution in [2.75, 3.05) is 6.61 Å². The van der Waals surface area contributed by atoms with E-state index in [4.69, 9.17) is 4.52 Å². The first kappa shape index (κ1) is 17.1. The van der Waals surface area contributed by atoms with Gasteiger partial charge in [-0.2, -0.15) is 4.98 Å². The van der Waals surface area contributed by atoms with Crippen molar-refractivity contribution >= 4 is 11.3 Å². The first-order valence-corrected chi connectivity index (χ1v) is 8.64. The maximum absolute atomic E-state index is 9.68. The van der Waals surface area contributed by atoms with E-state index in [1.54, 1.807) is 11.3 Å². The van der Waals surface area contributed by atoms with Crippen LogP contribution in [0.25, 0.3) is 0 Å². The number of unbranched alkanes of at least 4 members (excludes halogenated alkanes) is 1. The number of nitrogens with one attached hydrogen (secondary N) is 1. The lowest BCUT2D eigenvalue weighted by molar-refractivity contribution is 0.115. The molecule has 0 unspecified atom stereocenters. The molecule has 2 aromatic heterocycles. The Hall–Kier alpha value is -1.24. The predicted octanol–water partition coefficient (Wildman–Crippen LogP) is 3.32. The van der Waals surface area contributed by atoms with Gasteiger partial charge in [0.2, 0.25) is 5.89 Å². The van der Waals surface area contributed by atoms with E-state index in [-0.39, 0.29) is 18.1 Å². The Kier molecular flexibility index (Phi) is 6.11. The van der Waals surface area contributed by atoms with E-state index in [1.807, 2.05) is 19.9 Å². The van der Waals surface area contributed by atoms with Crippen LogP contribution in [0.4, 0.5) is 0 Å². The number of aliphatic hydroxyl groups is 1. The normalized spacial score (nSPS) is 13.5. The number of thiophene rings is 1. The Bertz CT molecular complexity index is 552. The molecule has 0 spiro atoms. The molecule has 2 rings (SSSR count). The smallest absolute Gasteiger partial charge is 0.226 e. The highest BCUT2D eigenvalue weighted by Crippen LogP contribution is 2.35. The quantitative estimate of drug-likeness (QED) is 0.740. The predicted molar refractivity (Wildman–Crippen MR) is 87.7 cm³/mol. The van der Waals surface area contributed by atoms with Crippen LogP contribution in [0.5, 0.6) is 0 Å². The summed E-state index contributed by atoms with van der Waals surface area (Å²) in [4.78, 5) is 5.61. The SMILES string of the molecule is CCCCc1nc(CN[C@@H](c2cccs2)C(C)(C)CO)no1. The minimum absolute atomic E-state index is 0.0510. The van der Waals surface area contributed by atoms with Crippen molar-refractivity contribution < 1.29 is 9.63 Å². The summed E-state index contributed by atoms with van der Waals surface area (Å²) in [5, 5.41) is 19.2. The number of aryl methyl sites for hydroxylation is 1. The lowest BCUT2D eigenvalue weighted by Gasteiger charge is -2.32. The number of aliphatic hydroxyl groups excluding tert-OH is 1. The molecular weight excluding hydrogens is 298 g/mol. The van der Waals surface area contributed by atoms with Crippen LogP contribution in [-0.4, -0.2) is 21.9 Å². The van der Waals surface area contributed by atoms with E-state index in [0.717, 1.165) is 19.3 Å². The maximum atomic E-state index is 9.68. The molecule has 1 atom stereocenters. The van der Waals surface area contributed by atoms with Crippen LogP contribution in [0, 0.1) is 5.41 Å². The maximum Gasteiger partial charge on any atom is 0.226 e. The van der Waals surface area contributed by atoms with Gasteiger partial charge in [0.15, 0.2) is 5.82 Å². The fraction of sp³-hybridized carbons (Fsp3) is 0.625. The minimum Gasteiger partial charge on any atom is -0.396 e. The van der Waals surface area contributed by atoms with Crippen LogP contribution < -0.4 is 5.32 Å². The van der Waals surface area contributed by atoms with E-state index >= 15 is 0 Å². The molecule has 0 saturated heterocycles. The second-order valence-electron chi connectivity index (χ2n) is 6.18. The Labute approximate surface area is 135 Å². The lowest BCUT2D eigenvalue weighted by atomic mass is 9.84. The van der Waals surface area contributed by atoms with Gasteiger partial charge in [-0.05, 0) is 17.9 Å². The monoisotopic (exact) mass is 323 g/mol. The molecule has 0 aliphatic heterocycles. The van der Waals surface area contributed by atoms with Gasteiger partial charge in [0.25, 0.3) is 0 Å². The first-order valence-electron chi connectivity index (χ1n) is 7.76. The number of nitrogens with zero attached hydrogens (tertiary/aromatic N) is 2. The zero-order valence-corrected chi connectivity index (χ0v) is 14.3. The number of rotatable bonds is 9. The molecule has 22 heavy (non-hydrogen) atoms. The van der Waals surface area contributed by atoms with Gasteiger partial charge in [-0.3, -0.25) is 0 Å². The minimum atomic E-state index is -0.264. The van der Waals surface area contributed by atoms with Crippen LogP contribution in [0.1, 0.15) is 56.2 Å². The van der Waals surface area contributed by atoms with E-state index in [1.165, 1.54) is 4.88 Å². The highest BCUT2D eigenvalue weighted by Gasteiger charge is 2.31. The van der Waals surface area contributed by atoms with E-state index < -0.39 is 0 Å². The van der Waals surface area contributed by atoms with Gasteiger partial charge in [-0.1, -0.05) is 38.4 Å². The summed E-state index contributed by atoms with van der Waals surface area (Å²) >= 11 is 1.69. The van der Waals surface area contributed by atoms with Crippen LogP contribution >= 0.6 is 11.3 Å². The van der Waals surface area contributed by atoms with Gasteiger partial charge >= 0.3 is 0 Å². The van der Waals surface area contributed by atoms with E-state index in [0.29, 0.717) is 18.3 Å². The van der Waals surface area contributed by atoms with Crippen LogP contribution in [0.15, 0.2) is 22.0 Å². The number of hydrogen-bond donors (Lipinski definition) is 2. The zero-order chi connectivity index (χ0) is 16.0. The summed E-state index contributed by atoms with van der Waals surface area (Å²) in [5.41, 5.74) is -0.264. The Balaban J connectivity index is 2.01. The van der Waals surface area contributed by atoms with Gasteiger partial charge in [-0.15, -0.1) is 11.3 Å². The summed E-state index contributed by atoms with van der Waals surface area (Å²) in [6.45, 7) is 6.88. The lowest BCUT2D eigenvalue weighted by Crippen LogP contribution is -2.36. The third kappa shape index (κ3) is 4.38. The molecule has 0 aliphatic carbocycles. The molecule has 0 aromatic carbocycles. The largest absolute Gasteiger partial charge is 0.396 e. The second-order valence-corrected chi connectivity index (χ2v) is 7.16. The highest BCUT2D eigenvalue weighted by atomic mass is 32.1. The Morgan fingerprint density at radius 1 is 1.45 bits per heavy atom. The van der Waals surface area contributed by atoms with Crippen molar-refractivity contribution in [3.8, 4) is 0 Å². The van der Waals surface area contributed by atoms with Gasteiger partial charge in [-0.25, -0.2) is 0 Å². The van der Waals surface area contributed by atoms with Gasteiger partial charge in [0.1, 0.15) is 0 Å². The standard InChI is InChI=1S/C16H25N3O2S/c1-4-5-8-14-18-13(19-21-14)10-17-15(16(2,3)11-20)12-7-6-9-22-12/h6-7,9,15,17,20H,4-5,8,10-11H2,1-3H3/t15-/m0/s1. The van der Waals surface area contributed by atoms with Crippen molar-refractivity contribution in [2.24, 2.45) is 5.41 Å². The topological polar surface area (TPSA) is 71.2 Å². The molecule has 122 valence electrons. The van der Waals surface area contributed by atoms with Gasteiger partial charge in [0.05, 0.1) is 13.2 Å². The fourth-order valence-corrected chi connectivity index (χ4v) is 3.30. The molecule has 0 saturated carbocycles. The zero-order valence-electron chi connectivity index (χ0n) is 13.5. The number of hydrogen-bond acceptors (Lipinski definition) is 6. The third-order valence-electron chi connectivity index (χ3n) is 3.74. The molecule has 2 N–H and O–H groups in total. The van der Waals surface area contributed by atoms with Crippen LogP contribution in [0.3, 0.4) is 0 Å². The molecular formula is C16H25N3O2S. The van der Waals surface area contributed by atoms with Crippen molar-refractivity contribution in [2.45, 2.75) is 52.6 Å². The van der Waals surface area contributed by atoms with Crippen LogP contribution in [0.2, 0.25) is 0 Å². The van der Waals surface area contributed by atoms with Crippen molar-refractivity contribution in [3.63, 3.8) is 0 Å². The Morgan fingerprint density at radius 2 is 2.27 bits per heavy atom. The van der Waals surface area contributed by atoms with Gasteiger partial charge in [0, 0.05) is 22.8 Å². The third-order valence-corrected chi connectivity index (χ3v) is 4.67. The average molecular weight is 323 g/mol. The van der Waals surface area contributed by atoms with Crippen molar-refractivity contribution in [1.82, 2.24) is 15.5 Å². The Morgan fingerprint density at radius 3 is 2.91 bits per heavy atom. The molecule has 5 nitrogen and oxygen atoms in total. The highest BCUT2D eigenvalue weighted by molar-refractivity contribution is 7.10. The summed E-state index contributed by atoms with van der Waals surface area (Å²) in [6.07, 6.45) is 3.01. The van der Waals surface area contributed by atoms with E-state index in [9.17, 15) is 5.11 Å². The van der Waals surface area contributed by atoms with Gasteiger partial charge < -0.3 is 14.9 Å². The first-order chi connectivity index (χ1) is 10.6. The summed E-state index contributed by atoms with van der Waals surface area (Å²) < 4.78 is 5.25. The molecule has 2 aromatic rings. The van der Waals surface area contributed by atoms with Crippen molar-refractivity contribution in [1.29, 1.82) is 0 Å². The average Bonchev–Trinajstić information content (AvgIpc) is 3.17. The molecule has 6 heteroatoms. The fourth-order valence-electron chi connectivity index (χ4n) is 2.29. The molecule has 0 radical (unpaired) electrons. The molecule has 2 heterocycles. The number of aromatic nitrogens is 2. The van der Waals surface area contributed by atoms with Crippen LogP contribution in [-0.2, 0) is 13.0 Å². The summed E-state index contributed by atoms with van der Waals surface area (Å²) in [6, 6.07) is 4.16. The molecule has 0 amide bonds. The molecule has 0 bridgehead atoms. The summed E-state index contributed by atoms with van der Waals surface area (Å²) in [7, 11) is 0. The molecule has 0 fully saturated rings. The summed E-state index contributed by atoms with van der Waals surface area (Å²) in [5.74, 6) is 1.37. The second kappa shape index (κ2) is 7.85.